The summed E-state index contributed by atoms with van der Waals surface area (Å²) in [4.78, 5) is 13.2. The Morgan fingerprint density at radius 3 is 1.16 bits per heavy atom. The first-order valence-electron chi connectivity index (χ1n) is 27.2. The predicted molar refractivity (Wildman–Crippen MR) is 284 cm³/mol. The van der Waals surface area contributed by atoms with Gasteiger partial charge in [-0.3, -0.25) is 0 Å². The zero-order chi connectivity index (χ0) is 60.1. The Hall–Kier alpha value is -4.17. The predicted octanol–water partition coefficient (Wildman–Crippen LogP) is 6.28. The lowest BCUT2D eigenvalue weighted by Gasteiger charge is -2.38. The van der Waals surface area contributed by atoms with E-state index in [0.717, 1.165) is 6.61 Å². The van der Waals surface area contributed by atoms with Gasteiger partial charge in [-0.1, -0.05) is 74.0 Å². The molecule has 0 aromatic carbocycles. The maximum absolute atomic E-state index is 9.79. The summed E-state index contributed by atoms with van der Waals surface area (Å²) in [6, 6.07) is 0. The third-order valence-electron chi connectivity index (χ3n) is 14.2. The molecule has 0 aromatic heterocycles. The molecule has 33 heteroatoms. The van der Waals surface area contributed by atoms with Crippen molar-refractivity contribution in [3.8, 4) is 0 Å². The minimum Gasteiger partial charge on any atom is -0.390 e. The van der Waals surface area contributed by atoms with Gasteiger partial charge in [0.1, 0.15) is 30.5 Å². The zero-order valence-electron chi connectivity index (χ0n) is 48.4. The Bertz CT molecular complexity index is 1880. The summed E-state index contributed by atoms with van der Waals surface area (Å²) < 4.78 is 77.1. The highest BCUT2D eigenvalue weighted by Gasteiger charge is 2.53. The number of aliphatic hydroxyl groups is 4. The van der Waals surface area contributed by atoms with Crippen molar-refractivity contribution in [2.24, 2.45) is 67.0 Å². The number of nitrogens with zero attached hydrogens (tertiary/aromatic N) is 15. The molecule has 462 valence electrons. The van der Waals surface area contributed by atoms with Crippen LogP contribution in [0.25, 0.3) is 52.2 Å². The van der Waals surface area contributed by atoms with Gasteiger partial charge in [0.15, 0.2) is 43.0 Å². The van der Waals surface area contributed by atoms with Gasteiger partial charge in [-0.05, 0) is 73.1 Å². The van der Waals surface area contributed by atoms with Crippen molar-refractivity contribution in [1.82, 2.24) is 0 Å². The molecule has 5 unspecified atom stereocenters. The van der Waals surface area contributed by atoms with Gasteiger partial charge in [0.2, 0.25) is 0 Å². The Labute approximate surface area is 471 Å². The van der Waals surface area contributed by atoms with Gasteiger partial charge >= 0.3 is 0 Å². The summed E-state index contributed by atoms with van der Waals surface area (Å²) in [6.07, 6.45) is -6.60. The van der Waals surface area contributed by atoms with E-state index >= 15 is 0 Å². The topological polar surface area (TPSA) is 454 Å². The minimum atomic E-state index is -1.06. The van der Waals surface area contributed by atoms with Gasteiger partial charge in [-0.25, -0.2) is 0 Å². The lowest BCUT2D eigenvalue weighted by molar-refractivity contribution is -0.256. The van der Waals surface area contributed by atoms with Crippen LogP contribution in [0.15, 0.2) is 25.6 Å². The van der Waals surface area contributed by atoms with Crippen LogP contribution in [0.3, 0.4) is 0 Å². The molecule has 0 saturated carbocycles. The molecule has 4 N–H and O–H groups in total. The lowest BCUT2D eigenvalue weighted by Crippen LogP contribution is -2.52. The molecule has 0 aromatic rings. The molecule has 7 heterocycles. The Balaban J connectivity index is 0.000000267. The monoisotopic (exact) mass is 1160 g/mol. The molecular formula is C48H87N15O18. The normalized spacial score (nSPS) is 36.8. The van der Waals surface area contributed by atoms with E-state index in [-0.39, 0.29) is 87.9 Å². The fraction of sp³-hybridized carbons (Fsp3) is 1.00. The van der Waals surface area contributed by atoms with Crippen molar-refractivity contribution in [3.05, 3.63) is 52.2 Å². The molecule has 7 fully saturated rings. The van der Waals surface area contributed by atoms with E-state index in [1.54, 1.807) is 20.8 Å². The van der Waals surface area contributed by atoms with Crippen LogP contribution < -0.4 is 0 Å². The van der Waals surface area contributed by atoms with Gasteiger partial charge in [-0.2, -0.15) is 0 Å². The van der Waals surface area contributed by atoms with Crippen LogP contribution >= 0.6 is 0 Å². The van der Waals surface area contributed by atoms with Crippen LogP contribution in [0.2, 0.25) is 0 Å². The fourth-order valence-electron chi connectivity index (χ4n) is 9.07. The molecule has 0 spiro atoms. The lowest BCUT2D eigenvalue weighted by atomic mass is 9.83. The van der Waals surface area contributed by atoms with Crippen LogP contribution in [-0.2, 0) is 66.3 Å². The second-order valence-corrected chi connectivity index (χ2v) is 21.2. The van der Waals surface area contributed by atoms with E-state index in [9.17, 15) is 20.4 Å². The number of hydrogen-bond acceptors (Lipinski definition) is 23. The van der Waals surface area contributed by atoms with Crippen molar-refractivity contribution in [1.29, 1.82) is 0 Å². The third kappa shape index (κ3) is 24.1. The van der Waals surface area contributed by atoms with Gasteiger partial charge < -0.3 is 86.7 Å². The molecule has 81 heavy (non-hydrogen) atoms. The summed E-state index contributed by atoms with van der Waals surface area (Å²) in [5, 5.41) is 55.2. The standard InChI is InChI=1S/C11H19N3O4.C10H17N3O5.C10H19N3O2.C9H17N3O3.C8H15N3O4/c1-7-6-16-10(15-5-4-13-14-12)9-8(7)17-11(2,3)18-9;1-10(2)17-7-6(14)5-16-9(8(7)18-10)15-4-3-12-13-11;1-7-6-15-10(9(3)8(7)2)14-5-4-12-13-11;1-6-7(2)9(15-5-8(6)13)14-4-3-11-12-10;1-5-4-15-8(7(13)6(5)12)14-3-2-10-11-9/h7-10H,4-6H2,1-3H3;6-9,14H,3-5H2,1-2H3;7-10H,4-6H2,1-3H3;6-9,13H,3-5H2,1-2H3;5-8,12-13H,2-4H2,1H3/t7-,8+,9?,10-;6-,7+,8?,9-;7-,8+,9?,10-;6-,7?,8-,9-;5-,6+,7?,8-/m11111/s1. The van der Waals surface area contributed by atoms with Crippen LogP contribution in [0.5, 0.6) is 0 Å². The molecule has 7 rings (SSSR count). The average molecular weight is 1160 g/mol. The van der Waals surface area contributed by atoms with E-state index in [4.69, 9.17) is 94.0 Å². The number of azide groups is 5. The average Bonchev–Trinajstić information content (AvgIpc) is 4.00. The summed E-state index contributed by atoms with van der Waals surface area (Å²) in [7, 11) is 0. The Kier molecular flexibility index (Phi) is 32.7. The highest BCUT2D eigenvalue weighted by atomic mass is 16.8. The van der Waals surface area contributed by atoms with Crippen molar-refractivity contribution in [2.45, 2.75) is 168 Å². The van der Waals surface area contributed by atoms with Gasteiger partial charge in [-0.15, -0.1) is 0 Å². The van der Waals surface area contributed by atoms with E-state index < -0.39 is 67.1 Å². The number of fused-ring (bicyclic) bond motifs is 2. The molecule has 7 saturated heterocycles. The molecule has 20 atom stereocenters. The second kappa shape index (κ2) is 37.2. The van der Waals surface area contributed by atoms with Gasteiger partial charge in [0.25, 0.3) is 0 Å². The largest absolute Gasteiger partial charge is 0.390 e. The van der Waals surface area contributed by atoms with E-state index in [0.29, 0.717) is 70.5 Å². The number of aliphatic hydroxyl groups excluding tert-OH is 4. The Morgan fingerprint density at radius 1 is 0.370 bits per heavy atom. The molecule has 7 aliphatic heterocycles. The summed E-state index contributed by atoms with van der Waals surface area (Å²) >= 11 is 0. The first-order chi connectivity index (χ1) is 38.6. The molecule has 0 radical (unpaired) electrons. The first-order valence-corrected chi connectivity index (χ1v) is 27.2. The maximum atomic E-state index is 9.79. The van der Waals surface area contributed by atoms with Gasteiger partial charge in [0, 0.05) is 81.0 Å². The number of ether oxygens (including phenoxy) is 14. The minimum absolute atomic E-state index is 0.0155. The first kappa shape index (κ1) is 71.1. The van der Waals surface area contributed by atoms with Crippen molar-refractivity contribution >= 4 is 0 Å². The fourth-order valence-corrected chi connectivity index (χ4v) is 9.07. The van der Waals surface area contributed by atoms with Crippen LogP contribution in [0.4, 0.5) is 0 Å². The molecular weight excluding hydrogens is 1070 g/mol. The highest BCUT2D eigenvalue weighted by Crippen LogP contribution is 2.39. The number of hydrogen-bond donors (Lipinski definition) is 4. The van der Waals surface area contributed by atoms with Crippen LogP contribution in [-0.4, -0.2) is 211 Å². The SMILES string of the molecule is CC1(C)OC2[C@H](OCCN=[N+]=[N-])OC[C@@H](O)[C@@H]2O1.CC1[C@H](OCCN=[N+]=[N-])OC[C@@H](C)[C@@H]1C.CC1[C@H](OCCN=[N+]=[N-])OC[C@@H](O)[C@@H]1C.C[C@@H]1CO[C@@H](OCCN=[N+]=[N-])C(O)[C@H]1O.C[C@@H]1CO[C@@H](OCCN=[N+]=[N-])C2OC(C)(C)O[C@H]21. The molecule has 0 aliphatic carbocycles. The second-order valence-electron chi connectivity index (χ2n) is 21.2. The van der Waals surface area contributed by atoms with Crippen LogP contribution in [0, 0.1) is 41.4 Å². The molecule has 0 amide bonds. The highest BCUT2D eigenvalue weighted by molar-refractivity contribution is 4.93. The smallest absolute Gasteiger partial charge is 0.186 e. The third-order valence-corrected chi connectivity index (χ3v) is 14.2. The van der Waals surface area contributed by atoms with E-state index in [1.807, 2.05) is 27.7 Å². The Morgan fingerprint density at radius 2 is 0.691 bits per heavy atom. The summed E-state index contributed by atoms with van der Waals surface area (Å²) in [5.74, 6) is 0.647. The summed E-state index contributed by atoms with van der Waals surface area (Å²) in [6.45, 7) is 26.6. The molecule has 33 nitrogen and oxygen atoms in total. The van der Waals surface area contributed by atoms with E-state index in [2.05, 4.69) is 77.8 Å². The number of rotatable bonds is 20. The van der Waals surface area contributed by atoms with Gasteiger partial charge in [0.05, 0.1) is 84.4 Å². The molecule has 0 bridgehead atoms. The maximum Gasteiger partial charge on any atom is 0.186 e. The van der Waals surface area contributed by atoms with Crippen molar-refractivity contribution < 1.29 is 86.7 Å². The van der Waals surface area contributed by atoms with Crippen LogP contribution in [0.1, 0.15) is 76.2 Å². The quantitative estimate of drug-likeness (QED) is 0.0450. The zero-order valence-corrected chi connectivity index (χ0v) is 48.4. The van der Waals surface area contributed by atoms with Crippen molar-refractivity contribution in [3.63, 3.8) is 0 Å². The molecule has 7 aliphatic rings. The summed E-state index contributed by atoms with van der Waals surface area (Å²) in [5.41, 5.74) is 40.5. The van der Waals surface area contributed by atoms with Crippen molar-refractivity contribution in [2.75, 3.05) is 98.8 Å². The van der Waals surface area contributed by atoms with E-state index in [1.165, 1.54) is 0 Å².